The van der Waals surface area contributed by atoms with E-state index >= 15 is 0 Å². The van der Waals surface area contributed by atoms with Crippen molar-refractivity contribution in [2.45, 2.75) is 51.9 Å². The molecule has 1 nitrogen and oxygen atoms in total. The Morgan fingerprint density at radius 1 is 0.941 bits per heavy atom. The van der Waals surface area contributed by atoms with Crippen LogP contribution in [0.3, 0.4) is 0 Å². The molecule has 96 valence electrons. The monoisotopic (exact) mass is 242 g/mol. The summed E-state index contributed by atoms with van der Waals surface area (Å²) in [7, 11) is 0. The lowest BCUT2D eigenvalue weighted by atomic mass is 10.0. The molecule has 3 heteroatoms. The van der Waals surface area contributed by atoms with Gasteiger partial charge in [-0.05, 0) is 24.5 Å². The average Bonchev–Trinajstić information content (AvgIpc) is 2.33. The van der Waals surface area contributed by atoms with Gasteiger partial charge in [-0.15, -0.1) is 0 Å². The van der Waals surface area contributed by atoms with Crippen LogP contribution in [0.15, 0.2) is 12.1 Å². The second-order valence-electron chi connectivity index (χ2n) is 4.39. The van der Waals surface area contributed by atoms with Gasteiger partial charge in [-0.25, -0.2) is 4.39 Å². The van der Waals surface area contributed by atoms with Crippen molar-refractivity contribution in [2.24, 2.45) is 0 Å². The maximum absolute atomic E-state index is 13.4. The Morgan fingerprint density at radius 2 is 1.59 bits per heavy atom. The zero-order valence-corrected chi connectivity index (χ0v) is 10.3. The van der Waals surface area contributed by atoms with E-state index in [0.29, 0.717) is 12.0 Å². The summed E-state index contributed by atoms with van der Waals surface area (Å²) in [6.45, 7) is 2.16. The molecule has 0 bridgehead atoms. The van der Waals surface area contributed by atoms with E-state index in [-0.39, 0.29) is 0 Å². The Balaban J connectivity index is 2.35. The third kappa shape index (κ3) is 4.33. The molecule has 1 aromatic rings. The van der Waals surface area contributed by atoms with Crippen LogP contribution < -0.4 is 0 Å². The van der Waals surface area contributed by atoms with Crippen LogP contribution in [0.25, 0.3) is 0 Å². The number of aryl methyl sites for hydroxylation is 1. The number of phenols is 1. The van der Waals surface area contributed by atoms with E-state index in [4.69, 9.17) is 5.11 Å². The summed E-state index contributed by atoms with van der Waals surface area (Å²) >= 11 is 0. The van der Waals surface area contributed by atoms with E-state index in [1.807, 2.05) is 0 Å². The molecule has 1 N–H and O–H groups in total. The lowest BCUT2D eigenvalue weighted by Crippen LogP contribution is -1.95. The Labute approximate surface area is 101 Å². The maximum Gasteiger partial charge on any atom is 0.200 e. The van der Waals surface area contributed by atoms with Gasteiger partial charge in [-0.3, -0.25) is 0 Å². The molecule has 0 fully saturated rings. The SMILES string of the molecule is CCCCCCCCc1ccc(O)c(F)c1F. The van der Waals surface area contributed by atoms with E-state index in [1.165, 1.54) is 31.4 Å². The van der Waals surface area contributed by atoms with Gasteiger partial charge < -0.3 is 5.11 Å². The van der Waals surface area contributed by atoms with Gasteiger partial charge in [0.15, 0.2) is 11.6 Å². The predicted molar refractivity (Wildman–Crippen MR) is 65.1 cm³/mol. The normalized spacial score (nSPS) is 10.8. The zero-order chi connectivity index (χ0) is 12.7. The van der Waals surface area contributed by atoms with Crippen LogP contribution in [0, 0.1) is 11.6 Å². The fraction of sp³-hybridized carbons (Fsp3) is 0.571. The standard InChI is InChI=1S/C14H20F2O/c1-2-3-4-5-6-7-8-11-9-10-12(17)14(16)13(11)15/h9-10,17H,2-8H2,1H3. The summed E-state index contributed by atoms with van der Waals surface area (Å²) in [5.74, 6) is -2.65. The zero-order valence-electron chi connectivity index (χ0n) is 10.3. The van der Waals surface area contributed by atoms with Crippen molar-refractivity contribution in [1.29, 1.82) is 0 Å². The van der Waals surface area contributed by atoms with Gasteiger partial charge in [0.05, 0.1) is 0 Å². The summed E-state index contributed by atoms with van der Waals surface area (Å²) in [6.07, 6.45) is 7.25. The van der Waals surface area contributed by atoms with E-state index < -0.39 is 17.4 Å². The van der Waals surface area contributed by atoms with Crippen molar-refractivity contribution >= 4 is 0 Å². The van der Waals surface area contributed by atoms with Crippen LogP contribution in [-0.4, -0.2) is 5.11 Å². The van der Waals surface area contributed by atoms with Crippen molar-refractivity contribution < 1.29 is 13.9 Å². The molecule has 0 amide bonds. The number of hydrogen-bond donors (Lipinski definition) is 1. The second kappa shape index (κ2) is 7.25. The number of benzene rings is 1. The minimum absolute atomic E-state index is 0.357. The highest BCUT2D eigenvalue weighted by atomic mass is 19.2. The lowest BCUT2D eigenvalue weighted by molar-refractivity contribution is 0.403. The first-order chi connectivity index (χ1) is 8.16. The van der Waals surface area contributed by atoms with Gasteiger partial charge >= 0.3 is 0 Å². The first-order valence-electron chi connectivity index (χ1n) is 6.32. The number of hydrogen-bond acceptors (Lipinski definition) is 1. The van der Waals surface area contributed by atoms with E-state index in [0.717, 1.165) is 19.3 Å². The number of rotatable bonds is 7. The topological polar surface area (TPSA) is 20.2 Å². The molecule has 1 rings (SSSR count). The molecule has 17 heavy (non-hydrogen) atoms. The molecular weight excluding hydrogens is 222 g/mol. The summed E-state index contributed by atoms with van der Waals surface area (Å²) in [6, 6.07) is 2.67. The average molecular weight is 242 g/mol. The number of unbranched alkanes of at least 4 members (excludes halogenated alkanes) is 5. The third-order valence-electron chi connectivity index (χ3n) is 2.94. The van der Waals surface area contributed by atoms with Crippen LogP contribution in [-0.2, 0) is 6.42 Å². The number of halogens is 2. The largest absolute Gasteiger partial charge is 0.505 e. The highest BCUT2D eigenvalue weighted by molar-refractivity contribution is 5.29. The molecule has 1 aromatic carbocycles. The minimum Gasteiger partial charge on any atom is -0.505 e. The Bertz CT molecular complexity index is 350. The van der Waals surface area contributed by atoms with Gasteiger partial charge in [0.25, 0.3) is 0 Å². The highest BCUT2D eigenvalue weighted by Gasteiger charge is 2.11. The second-order valence-corrected chi connectivity index (χ2v) is 4.39. The van der Waals surface area contributed by atoms with E-state index in [2.05, 4.69) is 6.92 Å². The molecule has 0 saturated carbocycles. The number of aromatic hydroxyl groups is 1. The molecular formula is C14H20F2O. The third-order valence-corrected chi connectivity index (χ3v) is 2.94. The van der Waals surface area contributed by atoms with Gasteiger partial charge in [0.2, 0.25) is 5.82 Å². The molecule has 0 radical (unpaired) electrons. The summed E-state index contributed by atoms with van der Waals surface area (Å²) in [4.78, 5) is 0. The minimum atomic E-state index is -1.13. The molecule has 0 aliphatic carbocycles. The number of phenolic OH excluding ortho intramolecular Hbond substituents is 1. The Morgan fingerprint density at radius 3 is 2.29 bits per heavy atom. The smallest absolute Gasteiger partial charge is 0.200 e. The van der Waals surface area contributed by atoms with Crippen molar-refractivity contribution in [3.05, 3.63) is 29.3 Å². The van der Waals surface area contributed by atoms with E-state index in [9.17, 15) is 8.78 Å². The molecule has 0 unspecified atom stereocenters. The lowest BCUT2D eigenvalue weighted by Gasteiger charge is -2.05. The van der Waals surface area contributed by atoms with Gasteiger partial charge in [0, 0.05) is 0 Å². The van der Waals surface area contributed by atoms with Crippen molar-refractivity contribution in [2.75, 3.05) is 0 Å². The van der Waals surface area contributed by atoms with Crippen molar-refractivity contribution in [3.8, 4) is 5.75 Å². The maximum atomic E-state index is 13.4. The fourth-order valence-corrected chi connectivity index (χ4v) is 1.87. The fourth-order valence-electron chi connectivity index (χ4n) is 1.87. The molecule has 0 aliphatic rings. The van der Waals surface area contributed by atoms with Crippen LogP contribution in [0.1, 0.15) is 51.0 Å². The molecule has 0 heterocycles. The molecule has 0 atom stereocenters. The summed E-state index contributed by atoms with van der Waals surface area (Å²) in [5.41, 5.74) is 0.357. The Hall–Kier alpha value is -1.12. The highest BCUT2D eigenvalue weighted by Crippen LogP contribution is 2.22. The first-order valence-corrected chi connectivity index (χ1v) is 6.32. The van der Waals surface area contributed by atoms with E-state index in [1.54, 1.807) is 0 Å². The van der Waals surface area contributed by atoms with Gasteiger partial charge in [-0.1, -0.05) is 45.1 Å². The Kier molecular flexibility index (Phi) is 5.95. The molecule has 0 aliphatic heterocycles. The first kappa shape index (κ1) is 13.9. The van der Waals surface area contributed by atoms with Crippen LogP contribution >= 0.6 is 0 Å². The predicted octanol–water partition coefficient (Wildman–Crippen LogP) is 4.57. The van der Waals surface area contributed by atoms with Crippen LogP contribution in [0.4, 0.5) is 8.78 Å². The van der Waals surface area contributed by atoms with Crippen LogP contribution in [0.2, 0.25) is 0 Å². The summed E-state index contributed by atoms with van der Waals surface area (Å²) < 4.78 is 26.4. The molecule has 0 saturated heterocycles. The van der Waals surface area contributed by atoms with Crippen molar-refractivity contribution in [3.63, 3.8) is 0 Å². The quantitative estimate of drug-likeness (QED) is 0.694. The van der Waals surface area contributed by atoms with Gasteiger partial charge in [-0.2, -0.15) is 4.39 Å². The van der Waals surface area contributed by atoms with Gasteiger partial charge in [0.1, 0.15) is 0 Å². The molecule has 0 aromatic heterocycles. The molecule has 0 spiro atoms. The van der Waals surface area contributed by atoms with Crippen molar-refractivity contribution in [1.82, 2.24) is 0 Å². The van der Waals surface area contributed by atoms with Crippen LogP contribution in [0.5, 0.6) is 5.75 Å². The summed E-state index contributed by atoms with van der Waals surface area (Å²) in [5, 5.41) is 8.98.